The number of amides is 1. The van der Waals surface area contributed by atoms with E-state index in [1.807, 2.05) is 0 Å². The van der Waals surface area contributed by atoms with Gasteiger partial charge in [-0.05, 0) is 55.7 Å². The molecule has 2 saturated carbocycles. The lowest BCUT2D eigenvalue weighted by molar-refractivity contribution is -0.137. The van der Waals surface area contributed by atoms with Crippen molar-refractivity contribution >= 4 is 5.91 Å². The molecular formula is C17H20F3NO. The standard InChI is InChI=1S/C17H20F3NO/c1-10(12-3-2-4-14(9-12)17(18,19)20)21-16(22)15-8-11-5-6-13(15)7-11/h2-4,9-11,13,15H,5-8H2,1H3,(H,21,22). The summed E-state index contributed by atoms with van der Waals surface area (Å²) in [6.07, 6.45) is 0.0461. The molecule has 2 nitrogen and oxygen atoms in total. The van der Waals surface area contributed by atoms with Gasteiger partial charge in [0, 0.05) is 5.92 Å². The lowest BCUT2D eigenvalue weighted by Crippen LogP contribution is -2.35. The predicted octanol–water partition coefficient (Wildman–Crippen LogP) is 4.32. The summed E-state index contributed by atoms with van der Waals surface area (Å²) in [5.74, 6) is 1.19. The van der Waals surface area contributed by atoms with Crippen molar-refractivity contribution in [3.63, 3.8) is 0 Å². The van der Waals surface area contributed by atoms with E-state index >= 15 is 0 Å². The first kappa shape index (κ1) is 15.4. The van der Waals surface area contributed by atoms with E-state index in [-0.39, 0.29) is 11.8 Å². The minimum Gasteiger partial charge on any atom is -0.349 e. The Hall–Kier alpha value is -1.52. The van der Waals surface area contributed by atoms with Gasteiger partial charge in [0.2, 0.25) is 5.91 Å². The topological polar surface area (TPSA) is 29.1 Å². The quantitative estimate of drug-likeness (QED) is 0.885. The number of halogens is 3. The molecule has 4 unspecified atom stereocenters. The predicted molar refractivity (Wildman–Crippen MR) is 76.9 cm³/mol. The molecule has 0 heterocycles. The number of fused-ring (bicyclic) bond motifs is 2. The largest absolute Gasteiger partial charge is 0.416 e. The fourth-order valence-electron chi connectivity index (χ4n) is 3.95. The van der Waals surface area contributed by atoms with Gasteiger partial charge in [-0.1, -0.05) is 18.6 Å². The molecule has 0 spiro atoms. The van der Waals surface area contributed by atoms with Crippen molar-refractivity contribution in [2.75, 3.05) is 0 Å². The molecule has 0 aromatic heterocycles. The maximum atomic E-state index is 12.8. The lowest BCUT2D eigenvalue weighted by atomic mass is 9.88. The molecule has 4 atom stereocenters. The van der Waals surface area contributed by atoms with Gasteiger partial charge in [-0.15, -0.1) is 0 Å². The highest BCUT2D eigenvalue weighted by molar-refractivity contribution is 5.80. The molecule has 3 rings (SSSR count). The van der Waals surface area contributed by atoms with Gasteiger partial charge in [0.25, 0.3) is 0 Å². The Morgan fingerprint density at radius 2 is 2.05 bits per heavy atom. The van der Waals surface area contributed by atoms with Crippen LogP contribution in [-0.4, -0.2) is 5.91 Å². The van der Waals surface area contributed by atoms with Gasteiger partial charge in [0.1, 0.15) is 0 Å². The summed E-state index contributed by atoms with van der Waals surface area (Å²) in [5.41, 5.74) is -0.183. The zero-order valence-electron chi connectivity index (χ0n) is 12.5. The molecule has 120 valence electrons. The fourth-order valence-corrected chi connectivity index (χ4v) is 3.95. The molecule has 5 heteroatoms. The smallest absolute Gasteiger partial charge is 0.349 e. The van der Waals surface area contributed by atoms with E-state index in [0.29, 0.717) is 17.4 Å². The van der Waals surface area contributed by atoms with E-state index in [0.717, 1.165) is 31.4 Å². The van der Waals surface area contributed by atoms with Crippen molar-refractivity contribution in [2.45, 2.75) is 44.8 Å². The Morgan fingerprint density at radius 1 is 1.27 bits per heavy atom. The van der Waals surface area contributed by atoms with E-state index < -0.39 is 17.8 Å². The van der Waals surface area contributed by atoms with Gasteiger partial charge in [-0.25, -0.2) is 0 Å². The van der Waals surface area contributed by atoms with Crippen LogP contribution in [0.25, 0.3) is 0 Å². The molecule has 2 bridgehead atoms. The number of hydrogen-bond donors (Lipinski definition) is 1. The van der Waals surface area contributed by atoms with Crippen molar-refractivity contribution < 1.29 is 18.0 Å². The first-order valence-corrected chi connectivity index (χ1v) is 7.82. The molecule has 0 saturated heterocycles. The third-order valence-electron chi connectivity index (χ3n) is 5.15. The highest BCUT2D eigenvalue weighted by Crippen LogP contribution is 2.48. The van der Waals surface area contributed by atoms with E-state index in [1.165, 1.54) is 12.5 Å². The summed E-state index contributed by atoms with van der Waals surface area (Å²) in [4.78, 5) is 12.4. The molecule has 0 radical (unpaired) electrons. The van der Waals surface area contributed by atoms with E-state index in [9.17, 15) is 18.0 Å². The Kier molecular flexibility index (Phi) is 3.91. The average Bonchev–Trinajstić information content (AvgIpc) is 3.09. The number of rotatable bonds is 3. The molecule has 2 aliphatic carbocycles. The number of carbonyl (C=O) groups excluding carboxylic acids is 1. The fraction of sp³-hybridized carbons (Fsp3) is 0.588. The molecule has 1 aromatic rings. The molecule has 0 aliphatic heterocycles. The van der Waals surface area contributed by atoms with Crippen LogP contribution in [0, 0.1) is 17.8 Å². The molecule has 22 heavy (non-hydrogen) atoms. The van der Waals surface area contributed by atoms with E-state index in [2.05, 4.69) is 5.32 Å². The highest BCUT2D eigenvalue weighted by Gasteiger charge is 2.43. The Balaban J connectivity index is 1.67. The zero-order valence-corrected chi connectivity index (χ0v) is 12.5. The molecule has 2 fully saturated rings. The van der Waals surface area contributed by atoms with Crippen LogP contribution in [0.3, 0.4) is 0 Å². The van der Waals surface area contributed by atoms with Crippen molar-refractivity contribution in [1.29, 1.82) is 0 Å². The molecule has 1 aromatic carbocycles. The van der Waals surface area contributed by atoms with E-state index in [1.54, 1.807) is 13.0 Å². The van der Waals surface area contributed by atoms with Gasteiger partial charge in [0.05, 0.1) is 11.6 Å². The third-order valence-corrected chi connectivity index (χ3v) is 5.15. The van der Waals surface area contributed by atoms with Crippen LogP contribution >= 0.6 is 0 Å². The van der Waals surface area contributed by atoms with Crippen LogP contribution < -0.4 is 5.32 Å². The van der Waals surface area contributed by atoms with Gasteiger partial charge in [-0.2, -0.15) is 13.2 Å². The maximum absolute atomic E-state index is 12.8. The second-order valence-electron chi connectivity index (χ2n) is 6.63. The van der Waals surface area contributed by atoms with Gasteiger partial charge in [0.15, 0.2) is 0 Å². The summed E-state index contributed by atoms with van der Waals surface area (Å²) in [6.45, 7) is 1.74. The Labute approximate surface area is 128 Å². The summed E-state index contributed by atoms with van der Waals surface area (Å²) in [5, 5.41) is 2.90. The lowest BCUT2D eigenvalue weighted by Gasteiger charge is -2.23. The number of carbonyl (C=O) groups is 1. The minimum atomic E-state index is -4.36. The maximum Gasteiger partial charge on any atom is 0.416 e. The van der Waals surface area contributed by atoms with Crippen LogP contribution in [0.4, 0.5) is 13.2 Å². The van der Waals surface area contributed by atoms with Crippen molar-refractivity contribution in [2.24, 2.45) is 17.8 Å². The molecule has 1 N–H and O–H groups in total. The van der Waals surface area contributed by atoms with Crippen LogP contribution in [0.2, 0.25) is 0 Å². The van der Waals surface area contributed by atoms with Crippen LogP contribution in [0.15, 0.2) is 24.3 Å². The van der Waals surface area contributed by atoms with Gasteiger partial charge >= 0.3 is 6.18 Å². The number of alkyl halides is 3. The Morgan fingerprint density at radius 3 is 2.64 bits per heavy atom. The molecular weight excluding hydrogens is 291 g/mol. The summed E-state index contributed by atoms with van der Waals surface area (Å²) in [7, 11) is 0. The SMILES string of the molecule is CC(NC(=O)C1CC2CCC1C2)c1cccc(C(F)(F)F)c1. The van der Waals surface area contributed by atoms with Gasteiger partial charge in [-0.3, -0.25) is 4.79 Å². The van der Waals surface area contributed by atoms with Crippen LogP contribution in [-0.2, 0) is 11.0 Å². The van der Waals surface area contributed by atoms with Crippen molar-refractivity contribution in [3.8, 4) is 0 Å². The van der Waals surface area contributed by atoms with Crippen molar-refractivity contribution in [1.82, 2.24) is 5.32 Å². The minimum absolute atomic E-state index is 0.00267. The van der Waals surface area contributed by atoms with Crippen molar-refractivity contribution in [3.05, 3.63) is 35.4 Å². The van der Waals surface area contributed by atoms with Crippen LogP contribution in [0.5, 0.6) is 0 Å². The summed E-state index contributed by atoms with van der Waals surface area (Å²) in [6, 6.07) is 4.77. The number of hydrogen-bond acceptors (Lipinski definition) is 1. The third kappa shape index (κ3) is 2.99. The number of nitrogens with one attached hydrogen (secondary N) is 1. The first-order chi connectivity index (χ1) is 10.3. The average molecular weight is 311 g/mol. The zero-order chi connectivity index (χ0) is 15.9. The van der Waals surface area contributed by atoms with E-state index in [4.69, 9.17) is 0 Å². The normalized spacial score (nSPS) is 28.6. The van der Waals surface area contributed by atoms with Crippen LogP contribution in [0.1, 0.15) is 49.8 Å². The second-order valence-corrected chi connectivity index (χ2v) is 6.63. The highest BCUT2D eigenvalue weighted by atomic mass is 19.4. The first-order valence-electron chi connectivity index (χ1n) is 7.82. The molecule has 1 amide bonds. The summed E-state index contributed by atoms with van der Waals surface area (Å²) >= 11 is 0. The molecule has 2 aliphatic rings. The summed E-state index contributed by atoms with van der Waals surface area (Å²) < 4.78 is 38.3. The van der Waals surface area contributed by atoms with Gasteiger partial charge < -0.3 is 5.32 Å². The Bertz CT molecular complexity index is 569. The second kappa shape index (κ2) is 5.60. The number of benzene rings is 1. The monoisotopic (exact) mass is 311 g/mol.